The van der Waals surface area contributed by atoms with Crippen molar-refractivity contribution in [3.63, 3.8) is 0 Å². The quantitative estimate of drug-likeness (QED) is 0.696. The molecule has 0 atom stereocenters. The van der Waals surface area contributed by atoms with E-state index < -0.39 is 0 Å². The van der Waals surface area contributed by atoms with E-state index in [1.807, 2.05) is 0 Å². The van der Waals surface area contributed by atoms with Crippen LogP contribution < -0.4 is 9.64 Å². The fourth-order valence-electron chi connectivity index (χ4n) is 2.07. The molecular formula is C15H19N3O5. The number of fused-ring (bicyclic) bond motifs is 1. The molecule has 23 heavy (non-hydrogen) atoms. The lowest BCUT2D eigenvalue weighted by Gasteiger charge is -2.29. The van der Waals surface area contributed by atoms with Crippen LogP contribution in [0.1, 0.15) is 13.3 Å². The molecule has 0 N–H and O–H groups in total. The summed E-state index contributed by atoms with van der Waals surface area (Å²) in [4.78, 5) is 42.3. The maximum absolute atomic E-state index is 12.2. The van der Waals surface area contributed by atoms with Crippen molar-refractivity contribution in [1.82, 2.24) is 9.88 Å². The average Bonchev–Trinajstić information content (AvgIpc) is 2.55. The number of likely N-dealkylation sites (N-methyl/N-ethyl adjacent to an activating group) is 1. The highest BCUT2D eigenvalue weighted by Crippen LogP contribution is 2.28. The molecule has 0 saturated carbocycles. The molecule has 2 rings (SSSR count). The van der Waals surface area contributed by atoms with E-state index in [0.29, 0.717) is 18.2 Å². The molecule has 0 aromatic carbocycles. The predicted octanol–water partition coefficient (Wildman–Crippen LogP) is 0.219. The van der Waals surface area contributed by atoms with Gasteiger partial charge in [0.05, 0.1) is 13.0 Å². The Morgan fingerprint density at radius 2 is 2.26 bits per heavy atom. The topological polar surface area (TPSA) is 89.0 Å². The second kappa shape index (κ2) is 7.57. The maximum atomic E-state index is 12.2. The molecule has 0 aliphatic carbocycles. The standard InChI is InChI=1S/C15H19N3O5/c1-3-22-14(21)6-8-17(2)12(19)9-18-13(20)10-23-11-5-4-7-16-15(11)18/h4-5,7H,3,6,8-10H2,1-2H3. The SMILES string of the molecule is CCOC(=O)CCN(C)C(=O)CN1C(=O)COc2cccnc21. The summed E-state index contributed by atoms with van der Waals surface area (Å²) in [7, 11) is 1.58. The molecule has 1 aliphatic rings. The van der Waals surface area contributed by atoms with Crippen molar-refractivity contribution in [3.05, 3.63) is 18.3 Å². The predicted molar refractivity (Wildman–Crippen MR) is 81.0 cm³/mol. The number of rotatable bonds is 6. The van der Waals surface area contributed by atoms with E-state index in [9.17, 15) is 14.4 Å². The normalized spacial score (nSPS) is 13.1. The van der Waals surface area contributed by atoms with Crippen molar-refractivity contribution >= 4 is 23.6 Å². The Morgan fingerprint density at radius 3 is 3.00 bits per heavy atom. The van der Waals surface area contributed by atoms with Gasteiger partial charge in [-0.15, -0.1) is 0 Å². The van der Waals surface area contributed by atoms with Crippen molar-refractivity contribution in [2.45, 2.75) is 13.3 Å². The first-order valence-corrected chi connectivity index (χ1v) is 7.30. The van der Waals surface area contributed by atoms with Crippen molar-refractivity contribution in [2.75, 3.05) is 38.3 Å². The molecule has 0 fully saturated rings. The Morgan fingerprint density at radius 1 is 1.48 bits per heavy atom. The van der Waals surface area contributed by atoms with Gasteiger partial charge >= 0.3 is 5.97 Å². The summed E-state index contributed by atoms with van der Waals surface area (Å²) in [5.74, 6) is -0.184. The van der Waals surface area contributed by atoms with Crippen molar-refractivity contribution in [2.24, 2.45) is 0 Å². The van der Waals surface area contributed by atoms with E-state index in [2.05, 4.69) is 4.98 Å². The van der Waals surface area contributed by atoms with Crippen LogP contribution in [0, 0.1) is 0 Å². The van der Waals surface area contributed by atoms with Crippen LogP contribution in [0.5, 0.6) is 5.75 Å². The molecule has 124 valence electrons. The zero-order valence-electron chi connectivity index (χ0n) is 13.2. The van der Waals surface area contributed by atoms with E-state index in [-0.39, 0.29) is 43.9 Å². The molecule has 0 saturated heterocycles. The van der Waals surface area contributed by atoms with Crippen molar-refractivity contribution in [1.29, 1.82) is 0 Å². The highest BCUT2D eigenvalue weighted by atomic mass is 16.5. The fourth-order valence-corrected chi connectivity index (χ4v) is 2.07. The zero-order valence-corrected chi connectivity index (χ0v) is 13.2. The third-order valence-corrected chi connectivity index (χ3v) is 3.33. The lowest BCUT2D eigenvalue weighted by Crippen LogP contribution is -2.46. The third-order valence-electron chi connectivity index (χ3n) is 3.33. The van der Waals surface area contributed by atoms with Gasteiger partial charge in [0.25, 0.3) is 5.91 Å². The summed E-state index contributed by atoms with van der Waals surface area (Å²) in [6.45, 7) is 1.98. The van der Waals surface area contributed by atoms with Gasteiger partial charge < -0.3 is 14.4 Å². The number of esters is 1. The molecule has 1 aliphatic heterocycles. The van der Waals surface area contributed by atoms with Gasteiger partial charge in [0.2, 0.25) is 5.91 Å². The van der Waals surface area contributed by atoms with Crippen LogP contribution in [-0.4, -0.2) is 61.0 Å². The van der Waals surface area contributed by atoms with Crippen LogP contribution >= 0.6 is 0 Å². The third kappa shape index (κ3) is 4.18. The van der Waals surface area contributed by atoms with Crippen LogP contribution in [0.25, 0.3) is 0 Å². The summed E-state index contributed by atoms with van der Waals surface area (Å²) in [5.41, 5.74) is 0. The molecule has 2 amide bonds. The largest absolute Gasteiger partial charge is 0.480 e. The Hall–Kier alpha value is -2.64. The first-order valence-electron chi connectivity index (χ1n) is 7.30. The Kier molecular flexibility index (Phi) is 5.51. The van der Waals surface area contributed by atoms with Crippen LogP contribution in [-0.2, 0) is 19.1 Å². The molecule has 1 aromatic heterocycles. The van der Waals surface area contributed by atoms with Gasteiger partial charge in [-0.1, -0.05) is 0 Å². The molecule has 8 heteroatoms. The van der Waals surface area contributed by atoms with Crippen LogP contribution in [0.2, 0.25) is 0 Å². The fraction of sp³-hybridized carbons (Fsp3) is 0.467. The molecular weight excluding hydrogens is 302 g/mol. The molecule has 1 aromatic rings. The second-order valence-electron chi connectivity index (χ2n) is 4.96. The lowest BCUT2D eigenvalue weighted by atomic mass is 10.3. The van der Waals surface area contributed by atoms with E-state index in [4.69, 9.17) is 9.47 Å². The van der Waals surface area contributed by atoms with Gasteiger partial charge in [0.1, 0.15) is 6.54 Å². The van der Waals surface area contributed by atoms with Crippen molar-refractivity contribution in [3.8, 4) is 5.75 Å². The molecule has 2 heterocycles. The van der Waals surface area contributed by atoms with E-state index >= 15 is 0 Å². The Labute approximate surface area is 134 Å². The number of aromatic nitrogens is 1. The molecule has 0 radical (unpaired) electrons. The number of hydrogen-bond acceptors (Lipinski definition) is 6. The van der Waals surface area contributed by atoms with Gasteiger partial charge in [-0.3, -0.25) is 19.3 Å². The first kappa shape index (κ1) is 16.7. The summed E-state index contributed by atoms with van der Waals surface area (Å²) < 4.78 is 10.1. The second-order valence-corrected chi connectivity index (χ2v) is 4.96. The first-order chi connectivity index (χ1) is 11.0. The maximum Gasteiger partial charge on any atom is 0.307 e. The molecule has 0 spiro atoms. The number of hydrogen-bond donors (Lipinski definition) is 0. The molecule has 0 bridgehead atoms. The summed E-state index contributed by atoms with van der Waals surface area (Å²) in [6.07, 6.45) is 1.64. The van der Waals surface area contributed by atoms with Gasteiger partial charge in [0.15, 0.2) is 18.2 Å². The van der Waals surface area contributed by atoms with Crippen LogP contribution in [0.3, 0.4) is 0 Å². The number of ether oxygens (including phenoxy) is 2. The number of amides is 2. The van der Waals surface area contributed by atoms with Gasteiger partial charge in [-0.05, 0) is 19.1 Å². The minimum absolute atomic E-state index is 0.113. The van der Waals surface area contributed by atoms with Gasteiger partial charge in [-0.25, -0.2) is 4.98 Å². The lowest BCUT2D eigenvalue weighted by molar-refractivity contribution is -0.144. The van der Waals surface area contributed by atoms with Crippen molar-refractivity contribution < 1.29 is 23.9 Å². The summed E-state index contributed by atoms with van der Waals surface area (Å²) in [5, 5.41) is 0. The number of pyridine rings is 1. The minimum atomic E-state index is -0.360. The average molecular weight is 321 g/mol. The summed E-state index contributed by atoms with van der Waals surface area (Å²) >= 11 is 0. The zero-order chi connectivity index (χ0) is 16.8. The van der Waals surface area contributed by atoms with E-state index in [1.54, 1.807) is 26.1 Å². The molecule has 0 unspecified atom stereocenters. The van der Waals surface area contributed by atoms with Crippen LogP contribution in [0.15, 0.2) is 18.3 Å². The van der Waals surface area contributed by atoms with E-state index in [1.165, 1.54) is 16.0 Å². The molecule has 8 nitrogen and oxygen atoms in total. The number of carbonyl (C=O) groups is 3. The van der Waals surface area contributed by atoms with Crippen LogP contribution in [0.4, 0.5) is 5.82 Å². The van der Waals surface area contributed by atoms with E-state index in [0.717, 1.165) is 0 Å². The highest BCUT2D eigenvalue weighted by molar-refractivity contribution is 6.01. The number of carbonyl (C=O) groups excluding carboxylic acids is 3. The monoisotopic (exact) mass is 321 g/mol. The smallest absolute Gasteiger partial charge is 0.307 e. The Bertz CT molecular complexity index is 605. The van der Waals surface area contributed by atoms with Gasteiger partial charge in [0, 0.05) is 19.8 Å². The highest BCUT2D eigenvalue weighted by Gasteiger charge is 2.29. The minimum Gasteiger partial charge on any atom is -0.480 e. The Balaban J connectivity index is 1.97. The number of anilines is 1. The number of nitrogens with zero attached hydrogens (tertiary/aromatic N) is 3. The summed E-state index contributed by atoms with van der Waals surface area (Å²) in [6, 6.07) is 3.39. The van der Waals surface area contributed by atoms with Gasteiger partial charge in [-0.2, -0.15) is 0 Å².